The summed E-state index contributed by atoms with van der Waals surface area (Å²) in [6, 6.07) is 10.1. The second-order valence-electron chi connectivity index (χ2n) is 2.69. The van der Waals surface area contributed by atoms with Crippen LogP contribution < -0.4 is 0 Å². The first-order valence-electron chi connectivity index (χ1n) is 3.84. The molecule has 1 aromatic carbocycles. The standard InChI is InChI=1S/C10H8N2/c11-6-4-8-2-1-3-9-5-7-12-10(8)9/h1-3,5,7,12H,4H2. The summed E-state index contributed by atoms with van der Waals surface area (Å²) in [6.07, 6.45) is 2.36. The molecule has 2 nitrogen and oxygen atoms in total. The smallest absolute Gasteiger partial charge is 0.0670 e. The van der Waals surface area contributed by atoms with Gasteiger partial charge in [-0.3, -0.25) is 0 Å². The first-order chi connectivity index (χ1) is 5.92. The van der Waals surface area contributed by atoms with Gasteiger partial charge in [0.1, 0.15) is 0 Å². The fourth-order valence-corrected chi connectivity index (χ4v) is 1.38. The van der Waals surface area contributed by atoms with Crippen molar-refractivity contribution < 1.29 is 0 Å². The first-order valence-corrected chi connectivity index (χ1v) is 3.84. The summed E-state index contributed by atoms with van der Waals surface area (Å²) in [5.74, 6) is 0. The lowest BCUT2D eigenvalue weighted by atomic mass is 10.1. The van der Waals surface area contributed by atoms with Crippen LogP contribution in [0.2, 0.25) is 0 Å². The third-order valence-corrected chi connectivity index (χ3v) is 1.94. The quantitative estimate of drug-likeness (QED) is 0.675. The number of benzene rings is 1. The van der Waals surface area contributed by atoms with Crippen LogP contribution in [0.4, 0.5) is 0 Å². The SMILES string of the molecule is N#CCc1cccc2cc[nH]c12. The predicted octanol–water partition coefficient (Wildman–Crippen LogP) is 2.23. The average molecular weight is 156 g/mol. The Kier molecular flexibility index (Phi) is 1.56. The molecule has 0 saturated carbocycles. The van der Waals surface area contributed by atoms with Gasteiger partial charge in [0.2, 0.25) is 0 Å². The van der Waals surface area contributed by atoms with E-state index in [0.29, 0.717) is 6.42 Å². The van der Waals surface area contributed by atoms with E-state index < -0.39 is 0 Å². The fourth-order valence-electron chi connectivity index (χ4n) is 1.38. The van der Waals surface area contributed by atoms with E-state index in [-0.39, 0.29) is 0 Å². The molecule has 0 aliphatic heterocycles. The van der Waals surface area contributed by atoms with E-state index in [2.05, 4.69) is 11.1 Å². The highest BCUT2D eigenvalue weighted by Gasteiger charge is 1.99. The van der Waals surface area contributed by atoms with Gasteiger partial charge in [-0.1, -0.05) is 18.2 Å². The Labute approximate surface area is 70.4 Å². The van der Waals surface area contributed by atoms with Gasteiger partial charge in [-0.25, -0.2) is 0 Å². The predicted molar refractivity (Wildman–Crippen MR) is 47.6 cm³/mol. The number of nitriles is 1. The molecule has 2 heteroatoms. The van der Waals surface area contributed by atoms with Gasteiger partial charge >= 0.3 is 0 Å². The van der Waals surface area contributed by atoms with Crippen molar-refractivity contribution in [3.05, 3.63) is 36.0 Å². The van der Waals surface area contributed by atoms with E-state index in [9.17, 15) is 0 Å². The normalized spacial score (nSPS) is 9.92. The molecule has 12 heavy (non-hydrogen) atoms. The summed E-state index contributed by atoms with van der Waals surface area (Å²) < 4.78 is 0. The molecule has 0 radical (unpaired) electrons. The molecule has 1 aromatic heterocycles. The number of aromatic nitrogens is 1. The number of hydrogen-bond acceptors (Lipinski definition) is 1. The van der Waals surface area contributed by atoms with Crippen molar-refractivity contribution in [2.75, 3.05) is 0 Å². The van der Waals surface area contributed by atoms with Crippen molar-refractivity contribution >= 4 is 10.9 Å². The molecule has 0 atom stereocenters. The van der Waals surface area contributed by atoms with Crippen LogP contribution in [0.15, 0.2) is 30.5 Å². The van der Waals surface area contributed by atoms with Gasteiger partial charge < -0.3 is 4.98 Å². The molecule has 0 aliphatic rings. The average Bonchev–Trinajstić information content (AvgIpc) is 2.53. The summed E-state index contributed by atoms with van der Waals surface area (Å²) in [4.78, 5) is 3.12. The Morgan fingerprint density at radius 3 is 3.08 bits per heavy atom. The van der Waals surface area contributed by atoms with Gasteiger partial charge in [0.25, 0.3) is 0 Å². The van der Waals surface area contributed by atoms with Crippen molar-refractivity contribution in [2.24, 2.45) is 0 Å². The van der Waals surface area contributed by atoms with Crippen LogP contribution in [-0.2, 0) is 6.42 Å². The highest BCUT2D eigenvalue weighted by atomic mass is 14.7. The first kappa shape index (κ1) is 6.93. The van der Waals surface area contributed by atoms with Gasteiger partial charge in [0, 0.05) is 11.7 Å². The molecular weight excluding hydrogens is 148 g/mol. The number of aromatic amines is 1. The van der Waals surface area contributed by atoms with E-state index in [1.54, 1.807) is 0 Å². The largest absolute Gasteiger partial charge is 0.361 e. The molecule has 0 saturated heterocycles. The van der Waals surface area contributed by atoms with Crippen LogP contribution in [0.1, 0.15) is 5.56 Å². The minimum atomic E-state index is 0.470. The van der Waals surface area contributed by atoms with Crippen LogP contribution in [0.3, 0.4) is 0 Å². The van der Waals surface area contributed by atoms with Crippen LogP contribution >= 0.6 is 0 Å². The molecule has 0 unspecified atom stereocenters. The Hall–Kier alpha value is -1.75. The lowest BCUT2D eigenvalue weighted by Crippen LogP contribution is -1.82. The molecular formula is C10H8N2. The highest BCUT2D eigenvalue weighted by Crippen LogP contribution is 2.16. The Morgan fingerprint density at radius 2 is 2.25 bits per heavy atom. The lowest BCUT2D eigenvalue weighted by Gasteiger charge is -1.95. The number of nitrogens with zero attached hydrogens (tertiary/aromatic N) is 1. The fraction of sp³-hybridized carbons (Fsp3) is 0.100. The molecule has 0 spiro atoms. The highest BCUT2D eigenvalue weighted by molar-refractivity contribution is 5.82. The number of nitrogens with one attached hydrogen (secondary N) is 1. The third-order valence-electron chi connectivity index (χ3n) is 1.94. The van der Waals surface area contributed by atoms with E-state index in [1.165, 1.54) is 5.39 Å². The summed E-state index contributed by atoms with van der Waals surface area (Å²) in [7, 11) is 0. The van der Waals surface area contributed by atoms with Crippen molar-refractivity contribution in [2.45, 2.75) is 6.42 Å². The number of H-pyrrole nitrogens is 1. The molecule has 2 rings (SSSR count). The molecule has 0 amide bonds. The molecule has 0 aliphatic carbocycles. The summed E-state index contributed by atoms with van der Waals surface area (Å²) in [5, 5.41) is 9.72. The zero-order valence-corrected chi connectivity index (χ0v) is 6.54. The zero-order valence-electron chi connectivity index (χ0n) is 6.54. The Balaban J connectivity index is 2.67. The van der Waals surface area contributed by atoms with Crippen LogP contribution in [0.5, 0.6) is 0 Å². The van der Waals surface area contributed by atoms with Crippen molar-refractivity contribution in [3.8, 4) is 6.07 Å². The number of rotatable bonds is 1. The minimum Gasteiger partial charge on any atom is -0.361 e. The monoisotopic (exact) mass is 156 g/mol. The zero-order chi connectivity index (χ0) is 8.39. The van der Waals surface area contributed by atoms with E-state index in [1.807, 2.05) is 30.5 Å². The van der Waals surface area contributed by atoms with Gasteiger partial charge in [0.15, 0.2) is 0 Å². The second kappa shape index (κ2) is 2.71. The van der Waals surface area contributed by atoms with Crippen molar-refractivity contribution in [1.82, 2.24) is 4.98 Å². The summed E-state index contributed by atoms with van der Waals surface area (Å²) in [5.41, 5.74) is 2.15. The molecule has 1 heterocycles. The Morgan fingerprint density at radius 1 is 1.33 bits per heavy atom. The molecule has 58 valence electrons. The number of hydrogen-bond donors (Lipinski definition) is 1. The van der Waals surface area contributed by atoms with Gasteiger partial charge in [0.05, 0.1) is 12.5 Å². The number of para-hydroxylation sites is 1. The third kappa shape index (κ3) is 0.960. The van der Waals surface area contributed by atoms with Gasteiger partial charge in [-0.15, -0.1) is 0 Å². The topological polar surface area (TPSA) is 39.6 Å². The summed E-state index contributed by atoms with van der Waals surface area (Å²) >= 11 is 0. The van der Waals surface area contributed by atoms with Gasteiger partial charge in [-0.05, 0) is 17.0 Å². The molecule has 0 fully saturated rings. The van der Waals surface area contributed by atoms with E-state index >= 15 is 0 Å². The van der Waals surface area contributed by atoms with Gasteiger partial charge in [-0.2, -0.15) is 5.26 Å². The molecule has 1 N–H and O–H groups in total. The van der Waals surface area contributed by atoms with Crippen molar-refractivity contribution in [1.29, 1.82) is 5.26 Å². The Bertz CT molecular complexity index is 434. The van der Waals surface area contributed by atoms with Crippen LogP contribution in [0, 0.1) is 11.3 Å². The molecule has 2 aromatic rings. The van der Waals surface area contributed by atoms with E-state index in [4.69, 9.17) is 5.26 Å². The second-order valence-corrected chi connectivity index (χ2v) is 2.69. The minimum absolute atomic E-state index is 0.470. The lowest BCUT2D eigenvalue weighted by molar-refractivity contribution is 1.27. The van der Waals surface area contributed by atoms with E-state index in [0.717, 1.165) is 11.1 Å². The van der Waals surface area contributed by atoms with Crippen LogP contribution in [0.25, 0.3) is 10.9 Å². The summed E-state index contributed by atoms with van der Waals surface area (Å²) in [6.45, 7) is 0. The number of fused-ring (bicyclic) bond motifs is 1. The maximum Gasteiger partial charge on any atom is 0.0670 e. The maximum absolute atomic E-state index is 8.55. The maximum atomic E-state index is 8.55. The molecule has 0 bridgehead atoms. The van der Waals surface area contributed by atoms with Crippen LogP contribution in [-0.4, -0.2) is 4.98 Å². The van der Waals surface area contributed by atoms with Crippen molar-refractivity contribution in [3.63, 3.8) is 0 Å².